The zero-order valence-corrected chi connectivity index (χ0v) is 9.31. The van der Waals surface area contributed by atoms with Crippen LogP contribution in [-0.4, -0.2) is 11.2 Å². The molecule has 0 amide bonds. The molecule has 1 aromatic carbocycles. The summed E-state index contributed by atoms with van der Waals surface area (Å²) in [6.07, 6.45) is 3.99. The van der Waals surface area contributed by atoms with Gasteiger partial charge in [0.15, 0.2) is 0 Å². The molecule has 0 bridgehead atoms. The second kappa shape index (κ2) is 6.00. The molecule has 86 valence electrons. The molecule has 4 nitrogen and oxygen atoms in total. The fourth-order valence-electron chi connectivity index (χ4n) is 1.58. The molecule has 0 unspecified atom stereocenters. The molecule has 0 saturated heterocycles. The number of nitro benzene ring substituents is 1. The van der Waals surface area contributed by atoms with Gasteiger partial charge in [-0.05, 0) is 37.3 Å². The van der Waals surface area contributed by atoms with E-state index in [1.165, 1.54) is 6.07 Å². The van der Waals surface area contributed by atoms with E-state index in [1.54, 1.807) is 12.1 Å². The zero-order valence-electron chi connectivity index (χ0n) is 9.31. The fourth-order valence-corrected chi connectivity index (χ4v) is 1.58. The Morgan fingerprint density at radius 2 is 2.12 bits per heavy atom. The first kappa shape index (κ1) is 12.4. The van der Waals surface area contributed by atoms with E-state index in [1.807, 2.05) is 6.92 Å². The third-order valence-electron chi connectivity index (χ3n) is 2.56. The Labute approximate surface area is 94.4 Å². The Morgan fingerprint density at radius 3 is 2.75 bits per heavy atom. The van der Waals surface area contributed by atoms with Crippen LogP contribution in [0.4, 0.5) is 5.69 Å². The summed E-state index contributed by atoms with van der Waals surface area (Å²) in [4.78, 5) is 20.4. The SMILES string of the molecule is Cc1ccc([N+](=O)[O-])cc1CCCCC=O. The molecule has 0 aliphatic rings. The zero-order chi connectivity index (χ0) is 12.0. The number of nitro groups is 1. The molecule has 0 heterocycles. The van der Waals surface area contributed by atoms with E-state index in [-0.39, 0.29) is 10.6 Å². The highest BCUT2D eigenvalue weighted by Crippen LogP contribution is 2.19. The molecule has 4 heteroatoms. The van der Waals surface area contributed by atoms with E-state index >= 15 is 0 Å². The van der Waals surface area contributed by atoms with Gasteiger partial charge in [0.25, 0.3) is 5.69 Å². The molecule has 0 spiro atoms. The number of hydrogen-bond acceptors (Lipinski definition) is 3. The van der Waals surface area contributed by atoms with Crippen LogP contribution >= 0.6 is 0 Å². The van der Waals surface area contributed by atoms with Crippen LogP contribution in [0.2, 0.25) is 0 Å². The molecule has 0 N–H and O–H groups in total. The van der Waals surface area contributed by atoms with Crippen LogP contribution in [0.5, 0.6) is 0 Å². The summed E-state index contributed by atoms with van der Waals surface area (Å²) in [6, 6.07) is 4.91. The van der Waals surface area contributed by atoms with Crippen molar-refractivity contribution >= 4 is 12.0 Å². The predicted octanol–water partition coefficient (Wildman–Crippen LogP) is 2.81. The Kier molecular flexibility index (Phi) is 4.64. The normalized spacial score (nSPS) is 10.1. The maximum Gasteiger partial charge on any atom is 0.269 e. The minimum Gasteiger partial charge on any atom is -0.303 e. The van der Waals surface area contributed by atoms with Crippen molar-refractivity contribution in [2.24, 2.45) is 0 Å². The predicted molar refractivity (Wildman–Crippen MR) is 61.5 cm³/mol. The summed E-state index contributed by atoms with van der Waals surface area (Å²) in [7, 11) is 0. The van der Waals surface area contributed by atoms with Crippen molar-refractivity contribution < 1.29 is 9.72 Å². The maximum absolute atomic E-state index is 10.6. The quantitative estimate of drug-likeness (QED) is 0.321. The van der Waals surface area contributed by atoms with Crippen molar-refractivity contribution in [1.82, 2.24) is 0 Å². The Hall–Kier alpha value is -1.71. The number of aldehydes is 1. The molecule has 0 atom stereocenters. The Bertz CT molecular complexity index is 388. The molecule has 0 aliphatic heterocycles. The van der Waals surface area contributed by atoms with Gasteiger partial charge in [0, 0.05) is 18.6 Å². The standard InChI is InChI=1S/C12H15NO3/c1-10-6-7-12(13(15)16)9-11(10)5-3-2-4-8-14/h6-9H,2-5H2,1H3. The monoisotopic (exact) mass is 221 g/mol. The number of unbranched alkanes of at least 4 members (excludes halogenated alkanes) is 2. The second-order valence-electron chi connectivity index (χ2n) is 3.78. The van der Waals surface area contributed by atoms with E-state index in [9.17, 15) is 14.9 Å². The van der Waals surface area contributed by atoms with Crippen molar-refractivity contribution in [3.63, 3.8) is 0 Å². The molecule has 0 aromatic heterocycles. The lowest BCUT2D eigenvalue weighted by Crippen LogP contribution is -1.94. The van der Waals surface area contributed by atoms with E-state index in [0.717, 1.165) is 36.7 Å². The van der Waals surface area contributed by atoms with Crippen LogP contribution < -0.4 is 0 Å². The lowest BCUT2D eigenvalue weighted by molar-refractivity contribution is -0.384. The Balaban J connectivity index is 2.66. The summed E-state index contributed by atoms with van der Waals surface area (Å²) in [5.41, 5.74) is 2.20. The molecule has 1 aromatic rings. The first-order chi connectivity index (χ1) is 7.65. The van der Waals surface area contributed by atoms with Crippen LogP contribution in [-0.2, 0) is 11.2 Å². The largest absolute Gasteiger partial charge is 0.303 e. The van der Waals surface area contributed by atoms with Gasteiger partial charge in [-0.2, -0.15) is 0 Å². The van der Waals surface area contributed by atoms with Crippen molar-refractivity contribution in [2.45, 2.75) is 32.6 Å². The van der Waals surface area contributed by atoms with Crippen LogP contribution in [0, 0.1) is 17.0 Å². The van der Waals surface area contributed by atoms with E-state index < -0.39 is 0 Å². The van der Waals surface area contributed by atoms with Gasteiger partial charge < -0.3 is 4.79 Å². The summed E-state index contributed by atoms with van der Waals surface area (Å²) in [6.45, 7) is 1.94. The Morgan fingerprint density at radius 1 is 1.38 bits per heavy atom. The molecule has 0 fully saturated rings. The third-order valence-corrected chi connectivity index (χ3v) is 2.56. The average molecular weight is 221 g/mol. The first-order valence-corrected chi connectivity index (χ1v) is 5.32. The van der Waals surface area contributed by atoms with Gasteiger partial charge in [0.2, 0.25) is 0 Å². The minimum absolute atomic E-state index is 0.135. The molecular weight excluding hydrogens is 206 g/mol. The summed E-state index contributed by atoms with van der Waals surface area (Å²) in [5.74, 6) is 0. The van der Waals surface area contributed by atoms with Gasteiger partial charge >= 0.3 is 0 Å². The molecule has 0 radical (unpaired) electrons. The fraction of sp³-hybridized carbons (Fsp3) is 0.417. The van der Waals surface area contributed by atoms with Gasteiger partial charge in [-0.15, -0.1) is 0 Å². The number of rotatable bonds is 6. The van der Waals surface area contributed by atoms with Crippen molar-refractivity contribution in [2.75, 3.05) is 0 Å². The number of hydrogen-bond donors (Lipinski definition) is 0. The van der Waals surface area contributed by atoms with Gasteiger partial charge in [0.05, 0.1) is 4.92 Å². The van der Waals surface area contributed by atoms with Crippen molar-refractivity contribution in [3.8, 4) is 0 Å². The van der Waals surface area contributed by atoms with Crippen molar-refractivity contribution in [3.05, 3.63) is 39.4 Å². The van der Waals surface area contributed by atoms with Gasteiger partial charge in [0.1, 0.15) is 6.29 Å². The number of carbonyl (C=O) groups excluding carboxylic acids is 1. The highest BCUT2D eigenvalue weighted by atomic mass is 16.6. The molecular formula is C12H15NO3. The molecule has 0 aliphatic carbocycles. The van der Waals surface area contributed by atoms with Crippen LogP contribution in [0.15, 0.2) is 18.2 Å². The van der Waals surface area contributed by atoms with Gasteiger partial charge in [-0.1, -0.05) is 6.07 Å². The molecule has 0 saturated carbocycles. The first-order valence-electron chi connectivity index (χ1n) is 5.32. The van der Waals surface area contributed by atoms with Crippen LogP contribution in [0.3, 0.4) is 0 Å². The number of aryl methyl sites for hydroxylation is 2. The second-order valence-corrected chi connectivity index (χ2v) is 3.78. The van der Waals surface area contributed by atoms with E-state index in [0.29, 0.717) is 6.42 Å². The summed E-state index contributed by atoms with van der Waals surface area (Å²) in [5, 5.41) is 10.6. The smallest absolute Gasteiger partial charge is 0.269 e. The van der Waals surface area contributed by atoms with E-state index in [2.05, 4.69) is 0 Å². The van der Waals surface area contributed by atoms with E-state index in [4.69, 9.17) is 0 Å². The molecule has 16 heavy (non-hydrogen) atoms. The highest BCUT2D eigenvalue weighted by molar-refractivity contribution is 5.49. The highest BCUT2D eigenvalue weighted by Gasteiger charge is 2.07. The summed E-state index contributed by atoms with van der Waals surface area (Å²) >= 11 is 0. The average Bonchev–Trinajstić information content (AvgIpc) is 2.26. The lowest BCUT2D eigenvalue weighted by atomic mass is 10.0. The van der Waals surface area contributed by atoms with Gasteiger partial charge in [-0.3, -0.25) is 10.1 Å². The van der Waals surface area contributed by atoms with Crippen LogP contribution in [0.1, 0.15) is 30.4 Å². The number of carbonyl (C=O) groups is 1. The van der Waals surface area contributed by atoms with Gasteiger partial charge in [-0.25, -0.2) is 0 Å². The minimum atomic E-state index is -0.381. The number of benzene rings is 1. The topological polar surface area (TPSA) is 60.2 Å². The summed E-state index contributed by atoms with van der Waals surface area (Å²) < 4.78 is 0. The van der Waals surface area contributed by atoms with Crippen molar-refractivity contribution in [1.29, 1.82) is 0 Å². The molecule has 1 rings (SSSR count). The maximum atomic E-state index is 10.6. The van der Waals surface area contributed by atoms with Crippen LogP contribution in [0.25, 0.3) is 0 Å². The number of nitrogens with zero attached hydrogens (tertiary/aromatic N) is 1. The third kappa shape index (κ3) is 3.46. The lowest BCUT2D eigenvalue weighted by Gasteiger charge is -2.04. The number of non-ortho nitro benzene ring substituents is 1.